The van der Waals surface area contributed by atoms with Crippen molar-refractivity contribution in [1.82, 2.24) is 9.97 Å². The second-order valence-electron chi connectivity index (χ2n) is 5.07. The first-order valence-electron chi connectivity index (χ1n) is 7.19. The average Bonchev–Trinajstić information content (AvgIpc) is 2.68. The van der Waals surface area contributed by atoms with Crippen molar-refractivity contribution in [3.8, 4) is 0 Å². The highest BCUT2D eigenvalue weighted by Crippen LogP contribution is 2.27. The molecule has 1 atom stereocenters. The van der Waals surface area contributed by atoms with Crippen LogP contribution in [0.15, 0.2) is 0 Å². The second-order valence-corrected chi connectivity index (χ2v) is 5.07. The summed E-state index contributed by atoms with van der Waals surface area (Å²) in [5.41, 5.74) is 5.07. The predicted molar refractivity (Wildman–Crippen MR) is 75.8 cm³/mol. The Morgan fingerprint density at radius 2 is 2.05 bits per heavy atom. The largest absolute Gasteiger partial charge is 0.373 e. The number of hydrazine groups is 1. The van der Waals surface area contributed by atoms with Gasteiger partial charge in [-0.25, -0.2) is 15.8 Å². The van der Waals surface area contributed by atoms with Crippen molar-refractivity contribution in [3.63, 3.8) is 0 Å². The van der Waals surface area contributed by atoms with Gasteiger partial charge in [-0.1, -0.05) is 19.8 Å². The van der Waals surface area contributed by atoms with E-state index in [-0.39, 0.29) is 6.10 Å². The number of aromatic nitrogens is 2. The van der Waals surface area contributed by atoms with Crippen LogP contribution in [0.1, 0.15) is 62.2 Å². The Labute approximate surface area is 114 Å². The van der Waals surface area contributed by atoms with Gasteiger partial charge in [-0.05, 0) is 32.1 Å². The van der Waals surface area contributed by atoms with Gasteiger partial charge in [-0.3, -0.25) is 0 Å². The molecule has 0 aliphatic heterocycles. The fraction of sp³-hybridized carbons (Fsp3) is 0.714. The molecule has 2 rings (SSSR count). The summed E-state index contributed by atoms with van der Waals surface area (Å²) in [6, 6.07) is 0. The summed E-state index contributed by atoms with van der Waals surface area (Å²) in [5, 5.41) is 0. The predicted octanol–water partition coefficient (Wildman–Crippen LogP) is 2.52. The van der Waals surface area contributed by atoms with E-state index in [9.17, 15) is 0 Å². The Morgan fingerprint density at radius 3 is 2.74 bits per heavy atom. The lowest BCUT2D eigenvalue weighted by atomic mass is 10.1. The van der Waals surface area contributed by atoms with Crippen LogP contribution in [0.2, 0.25) is 0 Å². The molecule has 0 saturated carbocycles. The molecule has 1 heterocycles. The van der Waals surface area contributed by atoms with Crippen molar-refractivity contribution >= 4 is 5.82 Å². The normalized spacial score (nSPS) is 16.6. The third-order valence-corrected chi connectivity index (χ3v) is 3.71. The lowest BCUT2D eigenvalue weighted by molar-refractivity contribution is 0.0875. The minimum absolute atomic E-state index is 0.0364. The van der Waals surface area contributed by atoms with Gasteiger partial charge in [0.2, 0.25) is 0 Å². The van der Waals surface area contributed by atoms with Crippen LogP contribution < -0.4 is 11.3 Å². The minimum Gasteiger partial charge on any atom is -0.373 e. The summed E-state index contributed by atoms with van der Waals surface area (Å²) in [6.45, 7) is 2.14. The van der Waals surface area contributed by atoms with Crippen LogP contribution in [0.4, 0.5) is 5.82 Å². The number of hydrogen-bond donors (Lipinski definition) is 2. The van der Waals surface area contributed by atoms with Gasteiger partial charge < -0.3 is 10.2 Å². The molecular weight excluding hydrogens is 240 g/mol. The van der Waals surface area contributed by atoms with Gasteiger partial charge in [-0.15, -0.1) is 0 Å². The maximum absolute atomic E-state index is 5.63. The first-order chi connectivity index (χ1) is 9.30. The van der Waals surface area contributed by atoms with Crippen LogP contribution in [0.5, 0.6) is 0 Å². The molecule has 1 unspecified atom stereocenters. The molecule has 0 saturated heterocycles. The summed E-state index contributed by atoms with van der Waals surface area (Å²) in [4.78, 5) is 9.30. The second kappa shape index (κ2) is 6.82. The number of hydrogen-bond acceptors (Lipinski definition) is 5. The first kappa shape index (κ1) is 14.2. The van der Waals surface area contributed by atoms with Crippen molar-refractivity contribution in [2.45, 2.75) is 58.0 Å². The van der Waals surface area contributed by atoms with Gasteiger partial charge in [0.25, 0.3) is 0 Å². The third-order valence-electron chi connectivity index (χ3n) is 3.71. The highest BCUT2D eigenvalue weighted by Gasteiger charge is 2.20. The van der Waals surface area contributed by atoms with Gasteiger partial charge in [0.05, 0.1) is 0 Å². The minimum atomic E-state index is -0.0364. The Morgan fingerprint density at radius 1 is 1.26 bits per heavy atom. The summed E-state index contributed by atoms with van der Waals surface area (Å²) in [7, 11) is 1.71. The lowest BCUT2D eigenvalue weighted by Gasteiger charge is -2.17. The summed E-state index contributed by atoms with van der Waals surface area (Å²) >= 11 is 0. The molecule has 5 heteroatoms. The maximum atomic E-state index is 5.63. The molecule has 19 heavy (non-hydrogen) atoms. The number of nitrogens with zero attached hydrogens (tertiary/aromatic N) is 2. The van der Waals surface area contributed by atoms with Crippen LogP contribution in [-0.2, 0) is 17.6 Å². The van der Waals surface area contributed by atoms with E-state index in [2.05, 4.69) is 17.3 Å². The number of ether oxygens (including phenoxy) is 1. The molecule has 5 nitrogen and oxygen atoms in total. The highest BCUT2D eigenvalue weighted by atomic mass is 16.5. The van der Waals surface area contributed by atoms with Crippen LogP contribution in [0.3, 0.4) is 0 Å². The fourth-order valence-corrected chi connectivity index (χ4v) is 2.67. The highest BCUT2D eigenvalue weighted by molar-refractivity contribution is 5.46. The monoisotopic (exact) mass is 264 g/mol. The zero-order chi connectivity index (χ0) is 13.7. The number of fused-ring (bicyclic) bond motifs is 1. The van der Waals surface area contributed by atoms with E-state index >= 15 is 0 Å². The molecule has 0 amide bonds. The number of nitrogen functional groups attached to an aromatic ring is 1. The van der Waals surface area contributed by atoms with Crippen molar-refractivity contribution in [1.29, 1.82) is 0 Å². The molecular formula is C14H24N4O. The summed E-state index contributed by atoms with van der Waals surface area (Å²) in [5.74, 6) is 7.17. The summed E-state index contributed by atoms with van der Waals surface area (Å²) < 4.78 is 5.50. The smallest absolute Gasteiger partial charge is 0.159 e. The van der Waals surface area contributed by atoms with E-state index in [1.807, 2.05) is 0 Å². The zero-order valence-corrected chi connectivity index (χ0v) is 11.9. The number of nitrogens with two attached hydrogens (primary N) is 1. The van der Waals surface area contributed by atoms with Gasteiger partial charge in [0.15, 0.2) is 5.82 Å². The van der Waals surface area contributed by atoms with Crippen LogP contribution in [0.25, 0.3) is 0 Å². The van der Waals surface area contributed by atoms with Gasteiger partial charge in [0, 0.05) is 18.4 Å². The van der Waals surface area contributed by atoms with E-state index in [1.165, 1.54) is 24.8 Å². The van der Waals surface area contributed by atoms with E-state index in [4.69, 9.17) is 15.6 Å². The molecule has 1 aliphatic rings. The Bertz CT molecular complexity index is 422. The molecule has 106 valence electrons. The molecule has 3 N–H and O–H groups in total. The fourth-order valence-electron chi connectivity index (χ4n) is 2.67. The Balaban J connectivity index is 2.38. The number of rotatable bonds is 5. The van der Waals surface area contributed by atoms with E-state index in [0.29, 0.717) is 0 Å². The van der Waals surface area contributed by atoms with E-state index in [0.717, 1.165) is 43.0 Å². The van der Waals surface area contributed by atoms with Crippen molar-refractivity contribution in [2.24, 2.45) is 5.84 Å². The lowest BCUT2D eigenvalue weighted by Crippen LogP contribution is -2.17. The quantitative estimate of drug-likeness (QED) is 0.485. The van der Waals surface area contributed by atoms with Crippen molar-refractivity contribution < 1.29 is 4.74 Å². The SMILES string of the molecule is CCCC(OC)c1nc2c(c(NN)n1)CCCCC2. The summed E-state index contributed by atoms with van der Waals surface area (Å²) in [6.07, 6.45) is 7.60. The van der Waals surface area contributed by atoms with Crippen molar-refractivity contribution in [2.75, 3.05) is 12.5 Å². The molecule has 1 aliphatic carbocycles. The number of anilines is 1. The molecule has 0 aromatic carbocycles. The standard InChI is InChI=1S/C14H24N4O/c1-3-7-12(19-2)14-16-11-9-6-4-5-8-10(11)13(17-14)18-15/h12H,3-9,15H2,1-2H3,(H,16,17,18). The first-order valence-corrected chi connectivity index (χ1v) is 7.19. The van der Waals surface area contributed by atoms with Gasteiger partial charge in [-0.2, -0.15) is 0 Å². The molecule has 0 fully saturated rings. The average molecular weight is 264 g/mol. The molecule has 0 radical (unpaired) electrons. The number of aryl methyl sites for hydroxylation is 1. The van der Waals surface area contributed by atoms with Crippen molar-refractivity contribution in [3.05, 3.63) is 17.1 Å². The maximum Gasteiger partial charge on any atom is 0.159 e. The van der Waals surface area contributed by atoms with Crippen LogP contribution >= 0.6 is 0 Å². The van der Waals surface area contributed by atoms with Gasteiger partial charge >= 0.3 is 0 Å². The van der Waals surface area contributed by atoms with Gasteiger partial charge in [0.1, 0.15) is 11.9 Å². The molecule has 1 aromatic rings. The van der Waals surface area contributed by atoms with E-state index in [1.54, 1.807) is 7.11 Å². The van der Waals surface area contributed by atoms with E-state index < -0.39 is 0 Å². The molecule has 1 aromatic heterocycles. The number of nitrogens with one attached hydrogen (secondary N) is 1. The molecule has 0 bridgehead atoms. The van der Waals surface area contributed by atoms with Crippen LogP contribution in [-0.4, -0.2) is 17.1 Å². The Kier molecular flexibility index (Phi) is 5.10. The zero-order valence-electron chi connectivity index (χ0n) is 11.9. The third kappa shape index (κ3) is 3.22. The van der Waals surface area contributed by atoms with Crippen LogP contribution in [0, 0.1) is 0 Å². The number of methoxy groups -OCH3 is 1. The Hall–Kier alpha value is -1.20. The molecule has 0 spiro atoms. The topological polar surface area (TPSA) is 73.1 Å².